The number of hydrogen-bond donors (Lipinski definition) is 11. The van der Waals surface area contributed by atoms with Gasteiger partial charge in [0.15, 0.2) is 0 Å². The summed E-state index contributed by atoms with van der Waals surface area (Å²) in [6.45, 7) is 4.90. The molecule has 0 saturated carbocycles. The average Bonchev–Trinajstić information content (AvgIpc) is 3.73. The third-order valence-electron chi connectivity index (χ3n) is 9.79. The monoisotopic (exact) mass is 824 g/mol. The first kappa shape index (κ1) is 49.0. The van der Waals surface area contributed by atoms with E-state index in [4.69, 9.17) is 22.9 Å². The largest absolute Gasteiger partial charge is 0.388 e. The number of thioether (sulfide) groups is 1. The topological polar surface area (TPSA) is 315 Å². The van der Waals surface area contributed by atoms with Crippen molar-refractivity contribution in [3.63, 3.8) is 0 Å². The van der Waals surface area contributed by atoms with Crippen molar-refractivity contribution < 1.29 is 28.8 Å². The lowest BCUT2D eigenvalue weighted by Gasteiger charge is -2.25. The normalized spacial score (nSPS) is 19.9. The maximum absolute atomic E-state index is 13.8. The second-order valence-corrected chi connectivity index (χ2v) is 16.0. The Hall–Kier alpha value is -4.17. The summed E-state index contributed by atoms with van der Waals surface area (Å²) in [4.78, 5) is 86.0. The van der Waals surface area contributed by atoms with Crippen LogP contribution in [0.25, 0.3) is 0 Å². The lowest BCUT2D eigenvalue weighted by atomic mass is 10.0. The van der Waals surface area contributed by atoms with Crippen molar-refractivity contribution in [2.75, 3.05) is 39.0 Å². The molecule has 2 aliphatic rings. The number of unbranched alkanes of at least 4 members (excludes halogenated alkanes) is 3. The first-order valence-corrected chi connectivity index (χ1v) is 21.4. The molecule has 0 spiro atoms. The Balaban J connectivity index is 2.03. The molecule has 2 aliphatic heterocycles. The van der Waals surface area contributed by atoms with Crippen LogP contribution < -0.4 is 60.2 Å². The number of amidine groups is 2. The molecule has 0 radical (unpaired) electrons. The van der Waals surface area contributed by atoms with Crippen LogP contribution >= 0.6 is 11.8 Å². The van der Waals surface area contributed by atoms with E-state index in [1.165, 1.54) is 7.05 Å². The zero-order valence-electron chi connectivity index (χ0n) is 34.0. The molecule has 19 nitrogen and oxygen atoms in total. The number of nitrogens with two attached hydrogens (primary N) is 4. The van der Waals surface area contributed by atoms with E-state index in [2.05, 4.69) is 47.2 Å². The fourth-order valence-corrected chi connectivity index (χ4v) is 8.17. The highest BCUT2D eigenvalue weighted by atomic mass is 32.2. The summed E-state index contributed by atoms with van der Waals surface area (Å²) in [5.41, 5.74) is 22.9. The molecule has 2 rings (SSSR count). The van der Waals surface area contributed by atoms with Crippen molar-refractivity contribution in [1.29, 1.82) is 0 Å². The van der Waals surface area contributed by atoms with Gasteiger partial charge in [-0.3, -0.25) is 34.0 Å². The average molecular weight is 824 g/mol. The Morgan fingerprint density at radius 2 is 1.33 bits per heavy atom. The Labute approximate surface area is 341 Å². The van der Waals surface area contributed by atoms with Crippen LogP contribution in [-0.2, 0) is 24.0 Å². The van der Waals surface area contributed by atoms with Gasteiger partial charge in [0.2, 0.25) is 29.5 Å². The number of rotatable bonds is 29. The number of aliphatic imine (C=N–C) groups is 2. The molecule has 0 aromatic carbocycles. The van der Waals surface area contributed by atoms with Gasteiger partial charge in [0, 0.05) is 44.1 Å². The van der Waals surface area contributed by atoms with Crippen LogP contribution in [0.3, 0.4) is 0 Å². The fraction of sp³-hybridized carbons (Fsp3) is 0.784. The molecule has 4 unspecified atom stereocenters. The second kappa shape index (κ2) is 27.5. The number of fused-ring (bicyclic) bond motifs is 1. The van der Waals surface area contributed by atoms with E-state index >= 15 is 0 Å². The molecular formula is C37H69N13O6S. The van der Waals surface area contributed by atoms with Gasteiger partial charge in [-0.15, -0.1) is 0 Å². The van der Waals surface area contributed by atoms with Gasteiger partial charge in [-0.25, -0.2) is 4.79 Å². The van der Waals surface area contributed by atoms with Gasteiger partial charge in [-0.1, -0.05) is 12.8 Å². The summed E-state index contributed by atoms with van der Waals surface area (Å²) < 4.78 is 0. The summed E-state index contributed by atoms with van der Waals surface area (Å²) in [5.74, 6) is -0.393. The van der Waals surface area contributed by atoms with E-state index in [9.17, 15) is 28.8 Å². The molecule has 0 aliphatic carbocycles. The highest BCUT2D eigenvalue weighted by Gasteiger charge is 2.42. The standard InChI is InChI=1S/C37H69N13O6S/c1-23(39)43-20-10-14-27(46-31(51)17-5-4-16-30-32-29(22-57-30)49-37(56)50-32)35(54)48-28(15-11-21-44-24(2)40)36(55)47-26(34(53)42-3)13-7-9-19-45-33(52)25(41)12-6-8-18-38/h25-30,32H,4-22,38,41H2,1-3H3,(H2,39,43)(H2,40,44)(H,42,53)(H,45,52)(H,46,51)(H,47,55)(H,48,54)(H2,49,50,56)/t25?,26?,27?,28?,29-,30-,32-/m0/s1. The Morgan fingerprint density at radius 1 is 0.754 bits per heavy atom. The summed E-state index contributed by atoms with van der Waals surface area (Å²) >= 11 is 1.82. The molecule has 2 heterocycles. The first-order valence-electron chi connectivity index (χ1n) is 20.3. The van der Waals surface area contributed by atoms with Crippen LogP contribution in [0.2, 0.25) is 0 Å². The third kappa shape index (κ3) is 19.7. The molecule has 57 heavy (non-hydrogen) atoms. The maximum Gasteiger partial charge on any atom is 0.315 e. The summed E-state index contributed by atoms with van der Waals surface area (Å²) in [6, 6.07) is -3.42. The van der Waals surface area contributed by atoms with Crippen LogP contribution in [0.15, 0.2) is 9.98 Å². The molecule has 2 saturated heterocycles. The number of hydrogen-bond acceptors (Lipinski definition) is 11. The van der Waals surface area contributed by atoms with E-state index in [-0.39, 0.29) is 60.9 Å². The van der Waals surface area contributed by atoms with Gasteiger partial charge in [-0.2, -0.15) is 11.8 Å². The smallest absolute Gasteiger partial charge is 0.315 e. The molecule has 324 valence electrons. The lowest BCUT2D eigenvalue weighted by Crippen LogP contribution is -2.56. The van der Waals surface area contributed by atoms with Crippen molar-refractivity contribution >= 4 is 59.0 Å². The Bertz CT molecular complexity index is 1360. The molecule has 7 atom stereocenters. The van der Waals surface area contributed by atoms with E-state index < -0.39 is 41.9 Å². The minimum atomic E-state index is -1.04. The predicted octanol–water partition coefficient (Wildman–Crippen LogP) is -1.03. The van der Waals surface area contributed by atoms with E-state index in [1.54, 1.807) is 13.8 Å². The molecule has 2 fully saturated rings. The van der Waals surface area contributed by atoms with Crippen LogP contribution in [0.5, 0.6) is 0 Å². The van der Waals surface area contributed by atoms with Gasteiger partial charge in [0.25, 0.3) is 0 Å². The number of urea groups is 1. The zero-order valence-corrected chi connectivity index (χ0v) is 34.9. The number of amides is 7. The van der Waals surface area contributed by atoms with Crippen molar-refractivity contribution in [2.24, 2.45) is 32.9 Å². The second-order valence-electron chi connectivity index (χ2n) is 14.7. The van der Waals surface area contributed by atoms with Crippen molar-refractivity contribution in [3.05, 3.63) is 0 Å². The van der Waals surface area contributed by atoms with Crippen LogP contribution in [-0.4, -0.2) is 128 Å². The van der Waals surface area contributed by atoms with Crippen molar-refractivity contribution in [2.45, 2.75) is 145 Å². The Kier molecular flexibility index (Phi) is 23.6. The van der Waals surface area contributed by atoms with Gasteiger partial charge in [0.05, 0.1) is 29.8 Å². The van der Waals surface area contributed by atoms with Gasteiger partial charge < -0.3 is 60.2 Å². The number of likely N-dealkylation sites (N-methyl/N-ethyl adjacent to an activating group) is 1. The summed E-state index contributed by atoms with van der Waals surface area (Å²) in [6.07, 6.45) is 7.21. The SMILES string of the molecule is CNC(=O)C(CCCCNC(=O)C(N)CCCCN)NC(=O)C(CCCN=C(C)N)NC(=O)C(CCCN=C(C)N)NC(=O)CCCC[C@@H]1SC[C@@H]2NC(=O)N[C@@H]21. The number of carbonyl (C=O) groups excluding carboxylic acids is 6. The number of nitrogens with one attached hydrogen (secondary N) is 7. The molecular weight excluding hydrogens is 755 g/mol. The lowest BCUT2D eigenvalue weighted by molar-refractivity contribution is -0.134. The highest BCUT2D eigenvalue weighted by Crippen LogP contribution is 2.33. The van der Waals surface area contributed by atoms with Crippen LogP contribution in [0.4, 0.5) is 4.79 Å². The first-order chi connectivity index (χ1) is 27.2. The van der Waals surface area contributed by atoms with Gasteiger partial charge in [-0.05, 0) is 91.0 Å². The van der Waals surface area contributed by atoms with Gasteiger partial charge >= 0.3 is 6.03 Å². The van der Waals surface area contributed by atoms with Crippen molar-refractivity contribution in [3.8, 4) is 0 Å². The minimum Gasteiger partial charge on any atom is -0.388 e. The van der Waals surface area contributed by atoms with Crippen LogP contribution in [0.1, 0.15) is 104 Å². The molecule has 0 aromatic heterocycles. The number of nitrogens with zero attached hydrogens (tertiary/aromatic N) is 2. The molecule has 20 heteroatoms. The quantitative estimate of drug-likeness (QED) is 0.0188. The molecule has 0 aromatic rings. The predicted molar refractivity (Wildman–Crippen MR) is 224 cm³/mol. The van der Waals surface area contributed by atoms with E-state index in [0.29, 0.717) is 76.4 Å². The molecule has 0 bridgehead atoms. The van der Waals surface area contributed by atoms with E-state index in [1.807, 2.05) is 11.8 Å². The summed E-state index contributed by atoms with van der Waals surface area (Å²) in [7, 11) is 1.47. The Morgan fingerprint density at radius 3 is 1.93 bits per heavy atom. The fourth-order valence-electron chi connectivity index (χ4n) is 6.62. The maximum atomic E-state index is 13.8. The summed E-state index contributed by atoms with van der Waals surface area (Å²) in [5, 5.41) is 20.1. The molecule has 15 N–H and O–H groups in total. The zero-order chi connectivity index (χ0) is 42.2. The van der Waals surface area contributed by atoms with E-state index in [0.717, 1.165) is 31.4 Å². The molecule has 7 amide bonds. The number of carbonyl (C=O) groups is 6. The van der Waals surface area contributed by atoms with Gasteiger partial charge in [0.1, 0.15) is 18.1 Å². The highest BCUT2D eigenvalue weighted by molar-refractivity contribution is 8.00. The van der Waals surface area contributed by atoms with Crippen molar-refractivity contribution in [1.82, 2.24) is 37.2 Å². The minimum absolute atomic E-state index is 0.0908. The van der Waals surface area contributed by atoms with Crippen LogP contribution in [0, 0.1) is 0 Å². The third-order valence-corrected chi connectivity index (χ3v) is 11.3.